The average molecular weight is 436 g/mol. The van der Waals surface area contributed by atoms with Crippen molar-refractivity contribution in [3.05, 3.63) is 83.6 Å². The number of benzene rings is 2. The summed E-state index contributed by atoms with van der Waals surface area (Å²) in [5.74, 6) is 0.695. The molecule has 8 heteroatoms. The number of rotatable bonds is 6. The van der Waals surface area contributed by atoms with Crippen molar-refractivity contribution in [2.24, 2.45) is 0 Å². The number of carbonyl (C=O) groups excluding carboxylic acids is 1. The molecular formula is C22H18ClN5OS. The van der Waals surface area contributed by atoms with Gasteiger partial charge in [0.2, 0.25) is 5.91 Å². The number of nitrogens with zero attached hydrogens (tertiary/aromatic N) is 4. The molecule has 0 aliphatic carbocycles. The van der Waals surface area contributed by atoms with Gasteiger partial charge >= 0.3 is 0 Å². The Balaban J connectivity index is 1.61. The number of halogens is 1. The minimum absolute atomic E-state index is 0.169. The van der Waals surface area contributed by atoms with E-state index in [0.29, 0.717) is 21.7 Å². The van der Waals surface area contributed by atoms with E-state index in [-0.39, 0.29) is 11.7 Å². The van der Waals surface area contributed by atoms with Crippen LogP contribution in [-0.4, -0.2) is 31.4 Å². The quantitative estimate of drug-likeness (QED) is 0.430. The Hall–Kier alpha value is -3.16. The second-order valence-electron chi connectivity index (χ2n) is 6.53. The summed E-state index contributed by atoms with van der Waals surface area (Å²) in [5.41, 5.74) is 3.53. The van der Waals surface area contributed by atoms with E-state index in [2.05, 4.69) is 26.6 Å². The summed E-state index contributed by atoms with van der Waals surface area (Å²) in [6.45, 7) is 2.03. The van der Waals surface area contributed by atoms with Gasteiger partial charge in [0.1, 0.15) is 0 Å². The van der Waals surface area contributed by atoms with E-state index in [4.69, 9.17) is 11.6 Å². The molecule has 0 unspecified atom stereocenters. The van der Waals surface area contributed by atoms with Crippen LogP contribution in [0.4, 0.5) is 5.69 Å². The molecular weight excluding hydrogens is 418 g/mol. The summed E-state index contributed by atoms with van der Waals surface area (Å²) in [6.07, 6.45) is 3.43. The third-order valence-corrected chi connectivity index (χ3v) is 5.57. The zero-order valence-corrected chi connectivity index (χ0v) is 17.7. The maximum atomic E-state index is 12.5. The highest BCUT2D eigenvalue weighted by molar-refractivity contribution is 7.99. The molecule has 2 aromatic heterocycles. The minimum atomic E-state index is -0.169. The predicted molar refractivity (Wildman–Crippen MR) is 120 cm³/mol. The first-order valence-electron chi connectivity index (χ1n) is 9.22. The van der Waals surface area contributed by atoms with Crippen LogP contribution in [0.5, 0.6) is 0 Å². The van der Waals surface area contributed by atoms with E-state index in [0.717, 1.165) is 16.8 Å². The summed E-state index contributed by atoms with van der Waals surface area (Å²) in [5, 5.41) is 12.7. The number of carbonyl (C=O) groups is 1. The molecule has 0 aliphatic heterocycles. The molecule has 0 fully saturated rings. The lowest BCUT2D eigenvalue weighted by Gasteiger charge is -2.11. The van der Waals surface area contributed by atoms with E-state index in [1.54, 1.807) is 24.5 Å². The van der Waals surface area contributed by atoms with Crippen molar-refractivity contribution in [3.63, 3.8) is 0 Å². The Bertz CT molecular complexity index is 1180. The van der Waals surface area contributed by atoms with Crippen molar-refractivity contribution in [1.82, 2.24) is 19.7 Å². The van der Waals surface area contributed by atoms with Crippen LogP contribution in [0.3, 0.4) is 0 Å². The molecule has 2 aromatic carbocycles. The van der Waals surface area contributed by atoms with Crippen molar-refractivity contribution in [1.29, 1.82) is 0 Å². The van der Waals surface area contributed by atoms with Gasteiger partial charge in [0, 0.05) is 23.6 Å². The molecule has 0 bridgehead atoms. The zero-order valence-electron chi connectivity index (χ0n) is 16.1. The number of hydrogen-bond acceptors (Lipinski definition) is 5. The van der Waals surface area contributed by atoms with Gasteiger partial charge in [-0.05, 0) is 48.9 Å². The van der Waals surface area contributed by atoms with Gasteiger partial charge in [-0.3, -0.25) is 14.3 Å². The maximum absolute atomic E-state index is 12.5. The van der Waals surface area contributed by atoms with Crippen molar-refractivity contribution < 1.29 is 4.79 Å². The largest absolute Gasteiger partial charge is 0.324 e. The van der Waals surface area contributed by atoms with Gasteiger partial charge in [-0.15, -0.1) is 10.2 Å². The lowest BCUT2D eigenvalue weighted by molar-refractivity contribution is -0.113. The summed E-state index contributed by atoms with van der Waals surface area (Å²) in [6, 6.07) is 19.0. The molecule has 0 atom stereocenters. The van der Waals surface area contributed by atoms with Gasteiger partial charge in [-0.25, -0.2) is 0 Å². The Labute approximate surface area is 183 Å². The first-order chi connectivity index (χ1) is 14.6. The monoisotopic (exact) mass is 435 g/mol. The van der Waals surface area contributed by atoms with Gasteiger partial charge in [0.25, 0.3) is 0 Å². The van der Waals surface area contributed by atoms with Gasteiger partial charge in [-0.2, -0.15) is 0 Å². The predicted octanol–water partition coefficient (Wildman–Crippen LogP) is 5.02. The molecule has 4 aromatic rings. The number of thioether (sulfide) groups is 1. The number of hydrogen-bond donors (Lipinski definition) is 1. The van der Waals surface area contributed by atoms with Gasteiger partial charge in [0.15, 0.2) is 11.0 Å². The number of aromatic nitrogens is 4. The standard InChI is InChI=1S/C22H18ClN5OS/c1-15-5-4-6-17(13-15)28-21(16-9-11-24-12-10-16)26-27-22(28)30-14-20(29)25-19-8-3-2-7-18(19)23/h2-13H,14H2,1H3,(H,25,29). The van der Waals surface area contributed by atoms with E-state index >= 15 is 0 Å². The molecule has 150 valence electrons. The fourth-order valence-electron chi connectivity index (χ4n) is 2.93. The van der Waals surface area contributed by atoms with Gasteiger partial charge in [-0.1, -0.05) is 47.6 Å². The highest BCUT2D eigenvalue weighted by Crippen LogP contribution is 2.28. The fourth-order valence-corrected chi connectivity index (χ4v) is 3.87. The molecule has 0 aliphatic rings. The maximum Gasteiger partial charge on any atom is 0.234 e. The summed E-state index contributed by atoms with van der Waals surface area (Å²) in [4.78, 5) is 16.5. The molecule has 4 rings (SSSR count). The lowest BCUT2D eigenvalue weighted by Crippen LogP contribution is -2.14. The highest BCUT2D eigenvalue weighted by atomic mass is 35.5. The summed E-state index contributed by atoms with van der Waals surface area (Å²) < 4.78 is 1.95. The minimum Gasteiger partial charge on any atom is -0.324 e. The van der Waals surface area contributed by atoms with Crippen molar-refractivity contribution in [2.75, 3.05) is 11.1 Å². The van der Waals surface area contributed by atoms with Crippen molar-refractivity contribution in [2.45, 2.75) is 12.1 Å². The van der Waals surface area contributed by atoms with Crippen LogP contribution in [0.15, 0.2) is 78.2 Å². The zero-order chi connectivity index (χ0) is 20.9. The number of para-hydroxylation sites is 1. The third kappa shape index (κ3) is 4.53. The number of pyridine rings is 1. The molecule has 0 saturated carbocycles. The molecule has 1 N–H and O–H groups in total. The van der Waals surface area contributed by atoms with E-state index in [1.165, 1.54) is 11.8 Å². The first kappa shape index (κ1) is 20.1. The molecule has 2 heterocycles. The number of nitrogens with one attached hydrogen (secondary N) is 1. The van der Waals surface area contributed by atoms with Crippen molar-refractivity contribution >= 4 is 35.0 Å². The van der Waals surface area contributed by atoms with Crippen molar-refractivity contribution in [3.8, 4) is 17.1 Å². The molecule has 0 radical (unpaired) electrons. The van der Waals surface area contributed by atoms with Crippen LogP contribution in [0, 0.1) is 6.92 Å². The Morgan fingerprint density at radius 1 is 1.07 bits per heavy atom. The molecule has 6 nitrogen and oxygen atoms in total. The Morgan fingerprint density at radius 2 is 1.87 bits per heavy atom. The highest BCUT2D eigenvalue weighted by Gasteiger charge is 2.17. The lowest BCUT2D eigenvalue weighted by atomic mass is 10.2. The van der Waals surface area contributed by atoms with Crippen LogP contribution in [0.25, 0.3) is 17.1 Å². The van der Waals surface area contributed by atoms with E-state index < -0.39 is 0 Å². The number of aryl methyl sites for hydroxylation is 1. The second-order valence-corrected chi connectivity index (χ2v) is 7.88. The third-order valence-electron chi connectivity index (χ3n) is 4.31. The Morgan fingerprint density at radius 3 is 2.63 bits per heavy atom. The van der Waals surface area contributed by atoms with Crippen LogP contribution in [-0.2, 0) is 4.79 Å². The topological polar surface area (TPSA) is 72.7 Å². The van der Waals surface area contributed by atoms with Crippen LogP contribution >= 0.6 is 23.4 Å². The smallest absolute Gasteiger partial charge is 0.234 e. The second kappa shape index (κ2) is 9.11. The number of anilines is 1. The van der Waals surface area contributed by atoms with E-state index in [9.17, 15) is 4.79 Å². The molecule has 0 spiro atoms. The average Bonchev–Trinajstić information content (AvgIpc) is 3.18. The fraction of sp³-hybridized carbons (Fsp3) is 0.0909. The SMILES string of the molecule is Cc1cccc(-n2c(SCC(=O)Nc3ccccc3Cl)nnc2-c2ccncc2)c1. The normalized spacial score (nSPS) is 10.7. The molecule has 1 amide bonds. The van der Waals surface area contributed by atoms with Crippen LogP contribution in [0.1, 0.15) is 5.56 Å². The molecule has 0 saturated heterocycles. The van der Waals surface area contributed by atoms with Crippen LogP contribution < -0.4 is 5.32 Å². The van der Waals surface area contributed by atoms with Gasteiger partial charge in [0.05, 0.1) is 16.5 Å². The molecule has 30 heavy (non-hydrogen) atoms. The Kier molecular flexibility index (Phi) is 6.11. The summed E-state index contributed by atoms with van der Waals surface area (Å²) in [7, 11) is 0. The summed E-state index contributed by atoms with van der Waals surface area (Å²) >= 11 is 7.44. The van der Waals surface area contributed by atoms with E-state index in [1.807, 2.05) is 54.0 Å². The number of amides is 1. The first-order valence-corrected chi connectivity index (χ1v) is 10.6. The van der Waals surface area contributed by atoms with Crippen LogP contribution in [0.2, 0.25) is 5.02 Å². The van der Waals surface area contributed by atoms with Gasteiger partial charge < -0.3 is 5.32 Å².